The molecule has 0 atom stereocenters. The van der Waals surface area contributed by atoms with E-state index in [4.69, 9.17) is 0 Å². The Bertz CT molecular complexity index is 117. The Balaban J connectivity index is 2.02. The maximum Gasteiger partial charge on any atom is 0.0591 e. The topological polar surface area (TPSA) is 20.2 Å². The largest absolute Gasteiger partial charge is 0.390 e. The van der Waals surface area contributed by atoms with Crippen LogP contribution in [0.2, 0.25) is 0 Å². The highest BCUT2D eigenvalue weighted by Crippen LogP contribution is 2.29. The fourth-order valence-electron chi connectivity index (χ4n) is 2.12. The molecule has 0 unspecified atom stereocenters. The summed E-state index contributed by atoms with van der Waals surface area (Å²) < 4.78 is 0. The second-order valence-electron chi connectivity index (χ2n) is 4.86. The third kappa shape index (κ3) is 4.10. The van der Waals surface area contributed by atoms with Gasteiger partial charge in [0.25, 0.3) is 0 Å². The first-order valence-electron chi connectivity index (χ1n) is 5.30. The molecule has 1 aliphatic carbocycles. The van der Waals surface area contributed by atoms with Crippen molar-refractivity contribution in [1.29, 1.82) is 0 Å². The maximum atomic E-state index is 9.49. The summed E-state index contributed by atoms with van der Waals surface area (Å²) >= 11 is 0. The Morgan fingerprint density at radius 3 is 2.33 bits per heavy atom. The lowest BCUT2D eigenvalue weighted by Crippen LogP contribution is -2.18. The molecule has 0 bridgehead atoms. The van der Waals surface area contributed by atoms with Gasteiger partial charge >= 0.3 is 0 Å². The second kappa shape index (κ2) is 4.27. The van der Waals surface area contributed by atoms with Gasteiger partial charge in [-0.25, -0.2) is 0 Å². The molecule has 0 aromatic rings. The van der Waals surface area contributed by atoms with Gasteiger partial charge in [-0.15, -0.1) is 0 Å². The number of rotatable bonds is 4. The minimum atomic E-state index is -0.446. The smallest absolute Gasteiger partial charge is 0.0591 e. The lowest BCUT2D eigenvalue weighted by Gasteiger charge is -2.17. The summed E-state index contributed by atoms with van der Waals surface area (Å²) in [6.45, 7) is 3.81. The van der Waals surface area contributed by atoms with E-state index in [2.05, 4.69) is 0 Å². The summed E-state index contributed by atoms with van der Waals surface area (Å²) in [6, 6.07) is 0. The fraction of sp³-hybridized carbons (Fsp3) is 1.00. The first kappa shape index (κ1) is 10.0. The van der Waals surface area contributed by atoms with Crippen LogP contribution in [-0.2, 0) is 0 Å². The van der Waals surface area contributed by atoms with E-state index in [1.165, 1.54) is 38.5 Å². The molecule has 1 heteroatoms. The molecular weight excluding hydrogens is 148 g/mol. The SMILES string of the molecule is CC(C)(O)CCCC1CCCC1. The Hall–Kier alpha value is -0.0400. The van der Waals surface area contributed by atoms with Gasteiger partial charge in [-0.1, -0.05) is 38.5 Å². The summed E-state index contributed by atoms with van der Waals surface area (Å²) in [6.07, 6.45) is 9.25. The first-order chi connectivity index (χ1) is 5.58. The van der Waals surface area contributed by atoms with Crippen molar-refractivity contribution in [2.24, 2.45) is 5.92 Å². The average molecular weight is 170 g/mol. The predicted octanol–water partition coefficient (Wildman–Crippen LogP) is 3.12. The fourth-order valence-corrected chi connectivity index (χ4v) is 2.12. The van der Waals surface area contributed by atoms with Gasteiger partial charge in [-0.2, -0.15) is 0 Å². The second-order valence-corrected chi connectivity index (χ2v) is 4.86. The number of hydrogen-bond acceptors (Lipinski definition) is 1. The molecular formula is C11H22O. The van der Waals surface area contributed by atoms with Gasteiger partial charge in [-0.3, -0.25) is 0 Å². The van der Waals surface area contributed by atoms with E-state index in [0.717, 1.165) is 12.3 Å². The molecule has 1 saturated carbocycles. The zero-order valence-electron chi connectivity index (χ0n) is 8.47. The molecule has 1 aliphatic rings. The Labute approximate surface area is 76.2 Å². The molecule has 12 heavy (non-hydrogen) atoms. The van der Waals surface area contributed by atoms with Crippen molar-refractivity contribution in [2.75, 3.05) is 0 Å². The monoisotopic (exact) mass is 170 g/mol. The molecule has 0 aromatic heterocycles. The predicted molar refractivity (Wildman–Crippen MR) is 52.1 cm³/mol. The normalized spacial score (nSPS) is 20.2. The van der Waals surface area contributed by atoms with E-state index in [-0.39, 0.29) is 0 Å². The van der Waals surface area contributed by atoms with Crippen LogP contribution in [0.15, 0.2) is 0 Å². The molecule has 0 aromatic carbocycles. The van der Waals surface area contributed by atoms with E-state index in [1.54, 1.807) is 0 Å². The standard InChI is InChI=1S/C11H22O/c1-11(2,12)9-5-8-10-6-3-4-7-10/h10,12H,3-9H2,1-2H3. The van der Waals surface area contributed by atoms with Gasteiger partial charge in [0.05, 0.1) is 5.60 Å². The van der Waals surface area contributed by atoms with Crippen molar-refractivity contribution in [2.45, 2.75) is 64.4 Å². The highest BCUT2D eigenvalue weighted by molar-refractivity contribution is 4.70. The van der Waals surface area contributed by atoms with Crippen LogP contribution in [-0.4, -0.2) is 10.7 Å². The third-order valence-corrected chi connectivity index (χ3v) is 2.88. The van der Waals surface area contributed by atoms with Gasteiger partial charge in [0.1, 0.15) is 0 Å². The van der Waals surface area contributed by atoms with Crippen LogP contribution in [0.25, 0.3) is 0 Å². The lowest BCUT2D eigenvalue weighted by molar-refractivity contribution is 0.0669. The average Bonchev–Trinajstić information content (AvgIpc) is 2.36. The molecule has 0 amide bonds. The third-order valence-electron chi connectivity index (χ3n) is 2.88. The Morgan fingerprint density at radius 1 is 1.25 bits per heavy atom. The quantitative estimate of drug-likeness (QED) is 0.687. The van der Waals surface area contributed by atoms with Crippen molar-refractivity contribution in [3.05, 3.63) is 0 Å². The minimum absolute atomic E-state index is 0.446. The lowest BCUT2D eigenvalue weighted by atomic mass is 9.95. The van der Waals surface area contributed by atoms with E-state index in [9.17, 15) is 5.11 Å². The molecule has 0 heterocycles. The molecule has 1 nitrogen and oxygen atoms in total. The number of hydrogen-bond donors (Lipinski definition) is 1. The summed E-state index contributed by atoms with van der Waals surface area (Å²) in [7, 11) is 0. The zero-order valence-corrected chi connectivity index (χ0v) is 8.47. The van der Waals surface area contributed by atoms with Crippen LogP contribution in [0.4, 0.5) is 0 Å². The van der Waals surface area contributed by atoms with Gasteiger partial charge < -0.3 is 5.11 Å². The van der Waals surface area contributed by atoms with Crippen molar-refractivity contribution < 1.29 is 5.11 Å². The van der Waals surface area contributed by atoms with Gasteiger partial charge in [0, 0.05) is 0 Å². The molecule has 0 saturated heterocycles. The molecule has 0 aliphatic heterocycles. The van der Waals surface area contributed by atoms with Gasteiger partial charge in [0.15, 0.2) is 0 Å². The van der Waals surface area contributed by atoms with Crippen LogP contribution < -0.4 is 0 Å². The van der Waals surface area contributed by atoms with Crippen LogP contribution in [0, 0.1) is 5.92 Å². The van der Waals surface area contributed by atoms with Crippen molar-refractivity contribution in [1.82, 2.24) is 0 Å². The zero-order chi connectivity index (χ0) is 9.03. The van der Waals surface area contributed by atoms with Crippen LogP contribution >= 0.6 is 0 Å². The summed E-state index contributed by atoms with van der Waals surface area (Å²) in [5.74, 6) is 0.979. The Kier molecular flexibility index (Phi) is 3.57. The van der Waals surface area contributed by atoms with Crippen LogP contribution in [0.5, 0.6) is 0 Å². The van der Waals surface area contributed by atoms with Crippen molar-refractivity contribution in [3.8, 4) is 0 Å². The van der Waals surface area contributed by atoms with Crippen molar-refractivity contribution in [3.63, 3.8) is 0 Å². The Morgan fingerprint density at radius 2 is 1.83 bits per heavy atom. The molecule has 0 spiro atoms. The molecule has 1 rings (SSSR count). The van der Waals surface area contributed by atoms with E-state index >= 15 is 0 Å². The van der Waals surface area contributed by atoms with Crippen LogP contribution in [0.1, 0.15) is 58.8 Å². The van der Waals surface area contributed by atoms with E-state index < -0.39 is 5.60 Å². The number of aliphatic hydroxyl groups is 1. The van der Waals surface area contributed by atoms with Gasteiger partial charge in [-0.05, 0) is 26.2 Å². The van der Waals surface area contributed by atoms with E-state index in [1.807, 2.05) is 13.8 Å². The molecule has 0 radical (unpaired) electrons. The van der Waals surface area contributed by atoms with E-state index in [0.29, 0.717) is 0 Å². The highest BCUT2D eigenvalue weighted by Gasteiger charge is 2.17. The molecule has 72 valence electrons. The maximum absolute atomic E-state index is 9.49. The van der Waals surface area contributed by atoms with Crippen molar-refractivity contribution >= 4 is 0 Å². The summed E-state index contributed by atoms with van der Waals surface area (Å²) in [4.78, 5) is 0. The highest BCUT2D eigenvalue weighted by atomic mass is 16.3. The van der Waals surface area contributed by atoms with Gasteiger partial charge in [0.2, 0.25) is 0 Å². The summed E-state index contributed by atoms with van der Waals surface area (Å²) in [5.41, 5.74) is -0.446. The summed E-state index contributed by atoms with van der Waals surface area (Å²) in [5, 5.41) is 9.49. The minimum Gasteiger partial charge on any atom is -0.390 e. The van der Waals surface area contributed by atoms with Crippen LogP contribution in [0.3, 0.4) is 0 Å². The molecule has 1 fully saturated rings. The molecule has 1 N–H and O–H groups in total. The first-order valence-corrected chi connectivity index (χ1v) is 5.30.